The molecular weight excluding hydrogens is 160 g/mol. The maximum atomic E-state index is 4.21. The fraction of sp³-hybridized carbons (Fsp3) is 0.375. The summed E-state index contributed by atoms with van der Waals surface area (Å²) in [6, 6.07) is 2.06. The SMILES string of the molecule is Cc1ccnc2c1CCN2.Cl. The van der Waals surface area contributed by atoms with Crippen LogP contribution < -0.4 is 5.32 Å². The summed E-state index contributed by atoms with van der Waals surface area (Å²) in [4.78, 5) is 4.21. The lowest BCUT2D eigenvalue weighted by Gasteiger charge is -1.99. The van der Waals surface area contributed by atoms with Gasteiger partial charge in [-0.15, -0.1) is 12.4 Å². The number of hydrogen-bond donors (Lipinski definition) is 1. The van der Waals surface area contributed by atoms with Gasteiger partial charge in [-0.1, -0.05) is 0 Å². The van der Waals surface area contributed by atoms with Gasteiger partial charge in [-0.3, -0.25) is 0 Å². The van der Waals surface area contributed by atoms with E-state index in [0.29, 0.717) is 0 Å². The second-order valence-corrected chi connectivity index (χ2v) is 2.63. The van der Waals surface area contributed by atoms with Gasteiger partial charge in [-0.2, -0.15) is 0 Å². The van der Waals surface area contributed by atoms with Crippen molar-refractivity contribution in [2.45, 2.75) is 13.3 Å². The van der Waals surface area contributed by atoms with Crippen molar-refractivity contribution < 1.29 is 0 Å². The van der Waals surface area contributed by atoms with Crippen LogP contribution in [0.5, 0.6) is 0 Å². The molecule has 0 unspecified atom stereocenters. The number of hydrogen-bond acceptors (Lipinski definition) is 2. The zero-order chi connectivity index (χ0) is 6.97. The summed E-state index contributed by atoms with van der Waals surface area (Å²) in [6.07, 6.45) is 2.99. The van der Waals surface area contributed by atoms with Crippen LogP contribution >= 0.6 is 12.4 Å². The zero-order valence-electron chi connectivity index (χ0n) is 6.42. The topological polar surface area (TPSA) is 24.9 Å². The molecule has 0 amide bonds. The Hall–Kier alpha value is -0.760. The summed E-state index contributed by atoms with van der Waals surface area (Å²) in [7, 11) is 0. The average molecular weight is 171 g/mol. The van der Waals surface area contributed by atoms with E-state index in [9.17, 15) is 0 Å². The summed E-state index contributed by atoms with van der Waals surface area (Å²) < 4.78 is 0. The Kier molecular flexibility index (Phi) is 2.35. The molecule has 0 bridgehead atoms. The number of nitrogens with zero attached hydrogens (tertiary/aromatic N) is 1. The van der Waals surface area contributed by atoms with E-state index in [1.165, 1.54) is 11.1 Å². The molecule has 1 aliphatic heterocycles. The number of nitrogens with one attached hydrogen (secondary N) is 1. The molecule has 1 aromatic rings. The van der Waals surface area contributed by atoms with E-state index in [2.05, 4.69) is 23.3 Å². The van der Waals surface area contributed by atoms with E-state index in [0.717, 1.165) is 18.8 Å². The van der Waals surface area contributed by atoms with Crippen LogP contribution in [0.2, 0.25) is 0 Å². The number of fused-ring (bicyclic) bond motifs is 1. The standard InChI is InChI=1S/C8H10N2.ClH/c1-6-2-4-9-8-7(6)3-5-10-8;/h2,4H,3,5H2,1H3,(H,9,10);1H. The van der Waals surface area contributed by atoms with E-state index in [-0.39, 0.29) is 12.4 Å². The van der Waals surface area contributed by atoms with Crippen LogP contribution in [0, 0.1) is 6.92 Å². The van der Waals surface area contributed by atoms with Crippen molar-refractivity contribution in [2.24, 2.45) is 0 Å². The molecule has 0 aliphatic carbocycles. The van der Waals surface area contributed by atoms with Crippen molar-refractivity contribution >= 4 is 18.2 Å². The van der Waals surface area contributed by atoms with E-state index < -0.39 is 0 Å². The molecule has 0 aromatic carbocycles. The van der Waals surface area contributed by atoms with Gasteiger partial charge in [0.05, 0.1) is 0 Å². The smallest absolute Gasteiger partial charge is 0.129 e. The van der Waals surface area contributed by atoms with Crippen molar-refractivity contribution in [1.29, 1.82) is 0 Å². The molecule has 0 saturated carbocycles. The highest BCUT2D eigenvalue weighted by molar-refractivity contribution is 5.85. The third-order valence-electron chi connectivity index (χ3n) is 1.96. The summed E-state index contributed by atoms with van der Waals surface area (Å²) in [5, 5.41) is 3.23. The lowest BCUT2D eigenvalue weighted by atomic mass is 10.1. The van der Waals surface area contributed by atoms with Gasteiger partial charge in [0.1, 0.15) is 5.82 Å². The van der Waals surface area contributed by atoms with Gasteiger partial charge < -0.3 is 5.32 Å². The van der Waals surface area contributed by atoms with Crippen LogP contribution in [0.1, 0.15) is 11.1 Å². The van der Waals surface area contributed by atoms with Crippen LogP contribution in [0.3, 0.4) is 0 Å². The van der Waals surface area contributed by atoms with Gasteiger partial charge in [0.2, 0.25) is 0 Å². The molecule has 0 fully saturated rings. The average Bonchev–Trinajstić information content (AvgIpc) is 2.36. The first-order valence-corrected chi connectivity index (χ1v) is 3.56. The molecule has 11 heavy (non-hydrogen) atoms. The number of rotatable bonds is 0. The first kappa shape index (κ1) is 8.34. The highest BCUT2D eigenvalue weighted by Crippen LogP contribution is 2.21. The van der Waals surface area contributed by atoms with Gasteiger partial charge in [-0.25, -0.2) is 4.98 Å². The molecule has 2 rings (SSSR count). The fourth-order valence-corrected chi connectivity index (χ4v) is 1.36. The maximum absolute atomic E-state index is 4.21. The maximum Gasteiger partial charge on any atom is 0.129 e. The zero-order valence-corrected chi connectivity index (χ0v) is 7.24. The van der Waals surface area contributed by atoms with Crippen LogP contribution in [-0.4, -0.2) is 11.5 Å². The van der Waals surface area contributed by atoms with Crippen molar-refractivity contribution in [3.63, 3.8) is 0 Å². The minimum absolute atomic E-state index is 0. The second-order valence-electron chi connectivity index (χ2n) is 2.63. The number of halogens is 1. The molecule has 1 aromatic heterocycles. The summed E-state index contributed by atoms with van der Waals surface area (Å²) in [5.74, 6) is 1.08. The molecule has 0 saturated heterocycles. The van der Waals surface area contributed by atoms with Crippen molar-refractivity contribution in [1.82, 2.24) is 4.98 Å². The molecule has 2 heterocycles. The van der Waals surface area contributed by atoms with Gasteiger partial charge in [0.25, 0.3) is 0 Å². The highest BCUT2D eigenvalue weighted by Gasteiger charge is 2.11. The Bertz CT molecular complexity index is 260. The second kappa shape index (κ2) is 3.09. The normalized spacial score (nSPS) is 13.2. The Morgan fingerprint density at radius 1 is 1.55 bits per heavy atom. The van der Waals surface area contributed by atoms with Crippen LogP contribution in [0.4, 0.5) is 5.82 Å². The molecular formula is C8H11ClN2. The number of aromatic nitrogens is 1. The number of pyridine rings is 1. The number of anilines is 1. The Labute approximate surface area is 72.4 Å². The van der Waals surface area contributed by atoms with Gasteiger partial charge in [-0.05, 0) is 30.5 Å². The van der Waals surface area contributed by atoms with Crippen molar-refractivity contribution in [3.05, 3.63) is 23.4 Å². The van der Waals surface area contributed by atoms with Crippen molar-refractivity contribution in [3.8, 4) is 0 Å². The lowest BCUT2D eigenvalue weighted by molar-refractivity contribution is 1.09. The quantitative estimate of drug-likeness (QED) is 0.642. The van der Waals surface area contributed by atoms with Crippen molar-refractivity contribution in [2.75, 3.05) is 11.9 Å². The van der Waals surface area contributed by atoms with E-state index in [1.54, 1.807) is 0 Å². The molecule has 3 heteroatoms. The molecule has 1 N–H and O–H groups in total. The van der Waals surface area contributed by atoms with Crippen LogP contribution in [-0.2, 0) is 6.42 Å². The molecule has 0 atom stereocenters. The van der Waals surface area contributed by atoms with Gasteiger partial charge in [0, 0.05) is 12.7 Å². The van der Waals surface area contributed by atoms with E-state index in [4.69, 9.17) is 0 Å². The van der Waals surface area contributed by atoms with Crippen LogP contribution in [0.15, 0.2) is 12.3 Å². The molecule has 0 spiro atoms. The van der Waals surface area contributed by atoms with Gasteiger partial charge >= 0.3 is 0 Å². The third kappa shape index (κ3) is 1.31. The minimum Gasteiger partial charge on any atom is -0.370 e. The molecule has 60 valence electrons. The largest absolute Gasteiger partial charge is 0.370 e. The van der Waals surface area contributed by atoms with Gasteiger partial charge in [0.15, 0.2) is 0 Å². The Balaban J connectivity index is 0.000000605. The van der Waals surface area contributed by atoms with E-state index in [1.807, 2.05) is 6.20 Å². The monoisotopic (exact) mass is 170 g/mol. The number of aryl methyl sites for hydroxylation is 1. The summed E-state index contributed by atoms with van der Waals surface area (Å²) >= 11 is 0. The Morgan fingerprint density at radius 3 is 3.09 bits per heavy atom. The first-order valence-electron chi connectivity index (χ1n) is 3.56. The van der Waals surface area contributed by atoms with E-state index >= 15 is 0 Å². The fourth-order valence-electron chi connectivity index (χ4n) is 1.36. The molecule has 2 nitrogen and oxygen atoms in total. The summed E-state index contributed by atoms with van der Waals surface area (Å²) in [6.45, 7) is 3.18. The third-order valence-corrected chi connectivity index (χ3v) is 1.96. The highest BCUT2D eigenvalue weighted by atomic mass is 35.5. The molecule has 1 aliphatic rings. The summed E-state index contributed by atoms with van der Waals surface area (Å²) in [5.41, 5.74) is 2.75. The Morgan fingerprint density at radius 2 is 2.36 bits per heavy atom. The predicted octanol–water partition coefficient (Wildman–Crippen LogP) is 1.78. The molecule has 0 radical (unpaired) electrons. The lowest BCUT2D eigenvalue weighted by Crippen LogP contribution is -1.92. The predicted molar refractivity (Wildman–Crippen MR) is 48.4 cm³/mol. The first-order chi connectivity index (χ1) is 4.88. The minimum atomic E-state index is 0. The van der Waals surface area contributed by atoms with Crippen LogP contribution in [0.25, 0.3) is 0 Å².